The van der Waals surface area contributed by atoms with Crippen LogP contribution < -0.4 is 5.32 Å². The van der Waals surface area contributed by atoms with Crippen LogP contribution in [0.25, 0.3) is 0 Å². The SMILES string of the molecule is CSc1cccc(C(=O)NCC(F)(F)F)c1. The van der Waals surface area contributed by atoms with Crippen molar-refractivity contribution in [3.05, 3.63) is 29.8 Å². The second kappa shape index (κ2) is 5.25. The van der Waals surface area contributed by atoms with Gasteiger partial charge in [0, 0.05) is 10.5 Å². The molecule has 1 N–H and O–H groups in total. The van der Waals surface area contributed by atoms with Gasteiger partial charge in [-0.1, -0.05) is 6.07 Å². The first-order chi connectivity index (χ1) is 7.42. The van der Waals surface area contributed by atoms with Gasteiger partial charge >= 0.3 is 6.18 Å². The number of nitrogens with one attached hydrogen (secondary N) is 1. The van der Waals surface area contributed by atoms with Crippen molar-refractivity contribution >= 4 is 17.7 Å². The quantitative estimate of drug-likeness (QED) is 0.834. The van der Waals surface area contributed by atoms with Crippen LogP contribution in [0, 0.1) is 0 Å². The fourth-order valence-corrected chi connectivity index (χ4v) is 1.51. The number of thioether (sulfide) groups is 1. The third-order valence-corrected chi connectivity index (χ3v) is 2.51. The summed E-state index contributed by atoms with van der Waals surface area (Å²) in [5.74, 6) is -0.715. The average Bonchev–Trinajstić information content (AvgIpc) is 2.25. The van der Waals surface area contributed by atoms with E-state index in [-0.39, 0.29) is 5.56 Å². The highest BCUT2D eigenvalue weighted by Gasteiger charge is 2.27. The maximum Gasteiger partial charge on any atom is 0.405 e. The second-order valence-electron chi connectivity index (χ2n) is 3.03. The second-order valence-corrected chi connectivity index (χ2v) is 3.91. The van der Waals surface area contributed by atoms with E-state index in [1.807, 2.05) is 11.6 Å². The molecule has 0 aliphatic heterocycles. The first kappa shape index (κ1) is 12.9. The molecule has 0 saturated heterocycles. The number of carbonyl (C=O) groups excluding carboxylic acids is 1. The first-order valence-electron chi connectivity index (χ1n) is 4.41. The Labute approximate surface area is 95.2 Å². The number of hydrogen-bond acceptors (Lipinski definition) is 2. The zero-order chi connectivity index (χ0) is 12.2. The monoisotopic (exact) mass is 249 g/mol. The zero-order valence-corrected chi connectivity index (χ0v) is 9.28. The van der Waals surface area contributed by atoms with Crippen LogP contribution in [0.1, 0.15) is 10.4 Å². The molecule has 0 aliphatic rings. The van der Waals surface area contributed by atoms with Crippen LogP contribution in [-0.2, 0) is 0 Å². The number of rotatable bonds is 3. The molecular formula is C10H10F3NOS. The standard InChI is InChI=1S/C10H10F3NOS/c1-16-8-4-2-3-7(5-8)9(15)14-6-10(11,12)13/h2-5H,6H2,1H3,(H,14,15). The van der Waals surface area contributed by atoms with Crippen molar-refractivity contribution in [2.24, 2.45) is 0 Å². The third kappa shape index (κ3) is 4.14. The van der Waals surface area contributed by atoms with Crippen molar-refractivity contribution in [2.45, 2.75) is 11.1 Å². The molecule has 0 unspecified atom stereocenters. The Morgan fingerprint density at radius 3 is 2.69 bits per heavy atom. The lowest BCUT2D eigenvalue weighted by Gasteiger charge is -2.08. The lowest BCUT2D eigenvalue weighted by Crippen LogP contribution is -2.33. The summed E-state index contributed by atoms with van der Waals surface area (Å²) in [6.07, 6.45) is -2.56. The molecule has 6 heteroatoms. The molecule has 0 heterocycles. The summed E-state index contributed by atoms with van der Waals surface area (Å²) < 4.78 is 35.6. The molecule has 0 saturated carbocycles. The molecule has 0 radical (unpaired) electrons. The van der Waals surface area contributed by atoms with Gasteiger partial charge in [0.05, 0.1) is 0 Å². The molecule has 0 aromatic heterocycles. The number of benzene rings is 1. The summed E-state index contributed by atoms with van der Waals surface area (Å²) in [5, 5.41) is 1.82. The van der Waals surface area contributed by atoms with Gasteiger partial charge in [-0.2, -0.15) is 13.2 Å². The van der Waals surface area contributed by atoms with Gasteiger partial charge in [0.1, 0.15) is 6.54 Å². The van der Waals surface area contributed by atoms with Gasteiger partial charge in [-0.15, -0.1) is 11.8 Å². The van der Waals surface area contributed by atoms with Gasteiger partial charge in [0.25, 0.3) is 5.91 Å². The Balaban J connectivity index is 2.66. The van der Waals surface area contributed by atoms with E-state index in [4.69, 9.17) is 0 Å². The molecule has 16 heavy (non-hydrogen) atoms. The van der Waals surface area contributed by atoms with Crippen molar-refractivity contribution < 1.29 is 18.0 Å². The Morgan fingerprint density at radius 1 is 1.44 bits per heavy atom. The fraction of sp³-hybridized carbons (Fsp3) is 0.300. The molecule has 1 rings (SSSR count). The van der Waals surface area contributed by atoms with Crippen molar-refractivity contribution in [1.82, 2.24) is 5.32 Å². The van der Waals surface area contributed by atoms with E-state index in [0.717, 1.165) is 4.90 Å². The maximum atomic E-state index is 11.9. The molecule has 1 amide bonds. The van der Waals surface area contributed by atoms with Gasteiger partial charge in [-0.25, -0.2) is 0 Å². The molecule has 0 spiro atoms. The van der Waals surface area contributed by atoms with Crippen molar-refractivity contribution in [3.8, 4) is 0 Å². The summed E-state index contributed by atoms with van der Waals surface area (Å²) in [5.41, 5.74) is 0.233. The smallest absolute Gasteiger partial charge is 0.343 e. The van der Waals surface area contributed by atoms with Gasteiger partial charge in [0.15, 0.2) is 0 Å². The van der Waals surface area contributed by atoms with E-state index in [0.29, 0.717) is 0 Å². The highest BCUT2D eigenvalue weighted by atomic mass is 32.2. The summed E-state index contributed by atoms with van der Waals surface area (Å²) >= 11 is 1.42. The number of amides is 1. The van der Waals surface area contributed by atoms with Crippen LogP contribution >= 0.6 is 11.8 Å². The molecule has 2 nitrogen and oxygen atoms in total. The van der Waals surface area contributed by atoms with E-state index in [1.54, 1.807) is 18.2 Å². The molecule has 0 fully saturated rings. The van der Waals surface area contributed by atoms with Gasteiger partial charge in [-0.3, -0.25) is 4.79 Å². The van der Waals surface area contributed by atoms with Crippen LogP contribution in [0.2, 0.25) is 0 Å². The minimum absolute atomic E-state index is 0.233. The number of carbonyl (C=O) groups is 1. The van der Waals surface area contributed by atoms with Crippen molar-refractivity contribution in [3.63, 3.8) is 0 Å². The molecular weight excluding hydrogens is 239 g/mol. The summed E-state index contributed by atoms with van der Waals surface area (Å²) in [6, 6.07) is 6.45. The largest absolute Gasteiger partial charge is 0.405 e. The topological polar surface area (TPSA) is 29.1 Å². The lowest BCUT2D eigenvalue weighted by atomic mass is 10.2. The Hall–Kier alpha value is -1.17. The average molecular weight is 249 g/mol. The van der Waals surface area contributed by atoms with E-state index in [9.17, 15) is 18.0 Å². The van der Waals surface area contributed by atoms with Crippen LogP contribution in [0.4, 0.5) is 13.2 Å². The third-order valence-electron chi connectivity index (χ3n) is 1.78. The van der Waals surface area contributed by atoms with Crippen LogP contribution in [-0.4, -0.2) is 24.9 Å². The molecule has 0 atom stereocenters. The Bertz CT molecular complexity index is 379. The van der Waals surface area contributed by atoms with Crippen LogP contribution in [0.3, 0.4) is 0 Å². The maximum absolute atomic E-state index is 11.9. The van der Waals surface area contributed by atoms with Crippen molar-refractivity contribution in [1.29, 1.82) is 0 Å². The first-order valence-corrected chi connectivity index (χ1v) is 5.64. The summed E-state index contributed by atoms with van der Waals surface area (Å²) in [4.78, 5) is 12.2. The molecule has 1 aromatic rings. The predicted molar refractivity (Wildman–Crippen MR) is 56.6 cm³/mol. The van der Waals surface area contributed by atoms with E-state index in [1.165, 1.54) is 17.8 Å². The Morgan fingerprint density at radius 2 is 2.12 bits per heavy atom. The number of hydrogen-bond donors (Lipinski definition) is 1. The van der Waals surface area contributed by atoms with Gasteiger partial charge in [0.2, 0.25) is 0 Å². The normalized spacial score (nSPS) is 11.2. The lowest BCUT2D eigenvalue weighted by molar-refractivity contribution is -0.123. The van der Waals surface area contributed by atoms with E-state index >= 15 is 0 Å². The molecule has 0 aliphatic carbocycles. The van der Waals surface area contributed by atoms with Crippen LogP contribution in [0.15, 0.2) is 29.2 Å². The minimum Gasteiger partial charge on any atom is -0.343 e. The van der Waals surface area contributed by atoms with Gasteiger partial charge in [-0.05, 0) is 24.5 Å². The number of alkyl halides is 3. The summed E-state index contributed by atoms with van der Waals surface area (Å²) in [7, 11) is 0. The number of halogens is 3. The minimum atomic E-state index is -4.38. The van der Waals surface area contributed by atoms with E-state index in [2.05, 4.69) is 0 Å². The predicted octanol–water partition coefficient (Wildman–Crippen LogP) is 2.70. The van der Waals surface area contributed by atoms with Crippen molar-refractivity contribution in [2.75, 3.05) is 12.8 Å². The zero-order valence-electron chi connectivity index (χ0n) is 8.47. The van der Waals surface area contributed by atoms with Gasteiger partial charge < -0.3 is 5.32 Å². The highest BCUT2D eigenvalue weighted by molar-refractivity contribution is 7.98. The molecule has 1 aromatic carbocycles. The molecule has 88 valence electrons. The van der Waals surface area contributed by atoms with E-state index < -0.39 is 18.6 Å². The highest BCUT2D eigenvalue weighted by Crippen LogP contribution is 2.16. The van der Waals surface area contributed by atoms with Crippen LogP contribution in [0.5, 0.6) is 0 Å². The summed E-state index contributed by atoms with van der Waals surface area (Å²) in [6.45, 7) is -1.31. The fourth-order valence-electron chi connectivity index (χ4n) is 1.05. The Kier molecular flexibility index (Phi) is 4.23. The molecule has 0 bridgehead atoms.